The Hall–Kier alpha value is -1.38. The molecule has 1 aliphatic rings. The van der Waals surface area contributed by atoms with Crippen molar-refractivity contribution < 1.29 is 9.53 Å². The van der Waals surface area contributed by atoms with Gasteiger partial charge < -0.3 is 4.74 Å². The average molecular weight is 207 g/mol. The van der Waals surface area contributed by atoms with Gasteiger partial charge in [-0.2, -0.15) is 0 Å². The lowest BCUT2D eigenvalue weighted by Crippen LogP contribution is -1.85. The van der Waals surface area contributed by atoms with Gasteiger partial charge in [-0.3, -0.25) is 9.78 Å². The van der Waals surface area contributed by atoms with E-state index in [1.54, 1.807) is 6.92 Å². The highest BCUT2D eigenvalue weighted by molar-refractivity contribution is 5.36. The zero-order valence-electron chi connectivity index (χ0n) is 9.27. The molecule has 0 bridgehead atoms. The normalized spacial score (nSPS) is 13.7. The number of pyridine rings is 1. The first-order valence-corrected chi connectivity index (χ1v) is 5.25. The summed E-state index contributed by atoms with van der Waals surface area (Å²) in [5, 5.41) is 0. The predicted octanol–water partition coefficient (Wildman–Crippen LogP) is 2.45. The molecule has 0 aliphatic heterocycles. The zero-order valence-corrected chi connectivity index (χ0v) is 9.27. The second kappa shape index (κ2) is 6.17. The summed E-state index contributed by atoms with van der Waals surface area (Å²) in [5.41, 5.74) is 2.62. The number of aryl methyl sites for hydroxylation is 1. The van der Waals surface area contributed by atoms with Gasteiger partial charge in [-0.15, -0.1) is 0 Å². The van der Waals surface area contributed by atoms with Crippen molar-refractivity contribution in [3.63, 3.8) is 0 Å². The highest BCUT2D eigenvalue weighted by atomic mass is 16.5. The lowest BCUT2D eigenvalue weighted by molar-refractivity contribution is -0.128. The second-order valence-corrected chi connectivity index (χ2v) is 3.58. The van der Waals surface area contributed by atoms with E-state index in [2.05, 4.69) is 22.7 Å². The average Bonchev–Trinajstić information content (AvgIpc) is 3.03. The molecule has 1 fully saturated rings. The molecule has 0 atom stereocenters. The van der Waals surface area contributed by atoms with Gasteiger partial charge in [0.05, 0.1) is 6.61 Å². The van der Waals surface area contributed by atoms with Crippen LogP contribution in [0.15, 0.2) is 18.3 Å². The summed E-state index contributed by atoms with van der Waals surface area (Å²) >= 11 is 0. The summed E-state index contributed by atoms with van der Waals surface area (Å²) < 4.78 is 4.15. The maximum absolute atomic E-state index is 9.18. The number of hydrogen-bond donors (Lipinski definition) is 0. The van der Waals surface area contributed by atoms with Gasteiger partial charge in [-0.1, -0.05) is 0 Å². The Morgan fingerprint density at radius 3 is 2.73 bits per heavy atom. The van der Waals surface area contributed by atoms with Gasteiger partial charge in [0.2, 0.25) is 0 Å². The quantitative estimate of drug-likeness (QED) is 0.715. The molecular formula is C12H17NO2. The molecule has 0 N–H and O–H groups in total. The van der Waals surface area contributed by atoms with E-state index >= 15 is 0 Å². The Balaban J connectivity index is 0.000000195. The summed E-state index contributed by atoms with van der Waals surface area (Å²) in [7, 11) is 0. The maximum atomic E-state index is 9.18. The van der Waals surface area contributed by atoms with E-state index in [0.717, 1.165) is 5.92 Å². The molecule has 0 amide bonds. The third-order valence-corrected chi connectivity index (χ3v) is 2.17. The molecule has 0 aromatic carbocycles. The Morgan fingerprint density at radius 2 is 2.33 bits per heavy atom. The summed E-state index contributed by atoms with van der Waals surface area (Å²) in [6.07, 6.45) is 4.59. The molecule has 1 aromatic heterocycles. The molecule has 0 spiro atoms. The number of carbonyl (C=O) groups excluding carboxylic acids is 1. The minimum absolute atomic E-state index is 0.431. The van der Waals surface area contributed by atoms with Crippen molar-refractivity contribution in [1.29, 1.82) is 0 Å². The molecule has 82 valence electrons. The van der Waals surface area contributed by atoms with Crippen LogP contribution in [-0.4, -0.2) is 18.1 Å². The van der Waals surface area contributed by atoms with E-state index in [-0.39, 0.29) is 0 Å². The molecule has 0 radical (unpaired) electrons. The van der Waals surface area contributed by atoms with E-state index in [1.807, 2.05) is 12.3 Å². The van der Waals surface area contributed by atoms with Crippen molar-refractivity contribution in [1.82, 2.24) is 4.98 Å². The SMILES string of the molecule is CCOC=O.Cc1ccnc(C2CC2)c1. The van der Waals surface area contributed by atoms with Crippen LogP contribution in [0.1, 0.15) is 36.9 Å². The van der Waals surface area contributed by atoms with Crippen LogP contribution < -0.4 is 0 Å². The van der Waals surface area contributed by atoms with Crippen molar-refractivity contribution in [3.05, 3.63) is 29.6 Å². The molecular weight excluding hydrogens is 190 g/mol. The lowest BCUT2D eigenvalue weighted by Gasteiger charge is -1.96. The number of carbonyl (C=O) groups is 1. The minimum Gasteiger partial charge on any atom is -0.468 e. The summed E-state index contributed by atoms with van der Waals surface area (Å²) in [6.45, 7) is 4.78. The first-order valence-electron chi connectivity index (χ1n) is 5.25. The molecule has 3 heteroatoms. The van der Waals surface area contributed by atoms with E-state index in [0.29, 0.717) is 13.1 Å². The van der Waals surface area contributed by atoms with Crippen LogP contribution in [-0.2, 0) is 9.53 Å². The molecule has 1 saturated carbocycles. The van der Waals surface area contributed by atoms with Gasteiger partial charge in [-0.05, 0) is 44.4 Å². The van der Waals surface area contributed by atoms with Crippen LogP contribution in [0.3, 0.4) is 0 Å². The van der Waals surface area contributed by atoms with E-state index in [4.69, 9.17) is 0 Å². The van der Waals surface area contributed by atoms with Crippen LogP contribution in [0, 0.1) is 6.92 Å². The molecule has 0 unspecified atom stereocenters. The highest BCUT2D eigenvalue weighted by Gasteiger charge is 2.24. The molecule has 2 rings (SSSR count). The van der Waals surface area contributed by atoms with Crippen LogP contribution >= 0.6 is 0 Å². The van der Waals surface area contributed by atoms with E-state index in [9.17, 15) is 4.79 Å². The summed E-state index contributed by atoms with van der Waals surface area (Å²) in [4.78, 5) is 13.5. The fourth-order valence-electron chi connectivity index (χ4n) is 1.23. The van der Waals surface area contributed by atoms with Crippen molar-refractivity contribution in [3.8, 4) is 0 Å². The standard InChI is InChI=1S/C9H11N.C3H6O2/c1-7-4-5-10-9(6-7)8-2-3-8;1-2-5-3-4/h4-6,8H,2-3H2,1H3;3H,2H2,1H3. The van der Waals surface area contributed by atoms with Gasteiger partial charge in [-0.25, -0.2) is 0 Å². The number of rotatable bonds is 3. The summed E-state index contributed by atoms with van der Waals surface area (Å²) in [6, 6.07) is 4.24. The van der Waals surface area contributed by atoms with Crippen LogP contribution in [0.25, 0.3) is 0 Å². The number of nitrogens with zero attached hydrogens (tertiary/aromatic N) is 1. The third kappa shape index (κ3) is 4.58. The Morgan fingerprint density at radius 1 is 1.60 bits per heavy atom. The topological polar surface area (TPSA) is 39.2 Å². The van der Waals surface area contributed by atoms with Gasteiger partial charge in [0, 0.05) is 17.8 Å². The number of aromatic nitrogens is 1. The summed E-state index contributed by atoms with van der Waals surface area (Å²) in [5.74, 6) is 0.792. The molecule has 1 aliphatic carbocycles. The number of ether oxygens (including phenoxy) is 1. The van der Waals surface area contributed by atoms with Gasteiger partial charge in [0.25, 0.3) is 6.47 Å². The van der Waals surface area contributed by atoms with Gasteiger partial charge in [0.1, 0.15) is 0 Å². The zero-order chi connectivity index (χ0) is 11.1. The predicted molar refractivity (Wildman–Crippen MR) is 58.6 cm³/mol. The Labute approximate surface area is 90.5 Å². The van der Waals surface area contributed by atoms with Crippen LogP contribution in [0.5, 0.6) is 0 Å². The first kappa shape index (κ1) is 11.7. The third-order valence-electron chi connectivity index (χ3n) is 2.17. The lowest BCUT2D eigenvalue weighted by atomic mass is 10.2. The largest absolute Gasteiger partial charge is 0.468 e. The Bertz CT molecular complexity index is 308. The monoisotopic (exact) mass is 207 g/mol. The molecule has 15 heavy (non-hydrogen) atoms. The maximum Gasteiger partial charge on any atom is 0.293 e. The van der Waals surface area contributed by atoms with Crippen molar-refractivity contribution >= 4 is 6.47 Å². The Kier molecular flexibility index (Phi) is 4.81. The molecule has 0 saturated heterocycles. The second-order valence-electron chi connectivity index (χ2n) is 3.58. The number of hydrogen-bond acceptors (Lipinski definition) is 3. The van der Waals surface area contributed by atoms with Crippen molar-refractivity contribution in [2.45, 2.75) is 32.6 Å². The van der Waals surface area contributed by atoms with Gasteiger partial charge in [0.15, 0.2) is 0 Å². The first-order chi connectivity index (χ1) is 7.27. The molecule has 1 heterocycles. The minimum atomic E-state index is 0.431. The highest BCUT2D eigenvalue weighted by Crippen LogP contribution is 2.38. The smallest absolute Gasteiger partial charge is 0.293 e. The van der Waals surface area contributed by atoms with Crippen molar-refractivity contribution in [2.75, 3.05) is 6.61 Å². The van der Waals surface area contributed by atoms with E-state index < -0.39 is 0 Å². The van der Waals surface area contributed by atoms with E-state index in [1.165, 1.54) is 24.1 Å². The molecule has 1 aromatic rings. The fraction of sp³-hybridized carbons (Fsp3) is 0.500. The van der Waals surface area contributed by atoms with Crippen LogP contribution in [0.4, 0.5) is 0 Å². The van der Waals surface area contributed by atoms with Gasteiger partial charge >= 0.3 is 0 Å². The molecule has 3 nitrogen and oxygen atoms in total. The fourth-order valence-corrected chi connectivity index (χ4v) is 1.23. The van der Waals surface area contributed by atoms with Crippen molar-refractivity contribution in [2.24, 2.45) is 0 Å². The van der Waals surface area contributed by atoms with Crippen LogP contribution in [0.2, 0.25) is 0 Å².